The molecule has 0 radical (unpaired) electrons. The fourth-order valence-corrected chi connectivity index (χ4v) is 13.8. The van der Waals surface area contributed by atoms with Crippen molar-refractivity contribution in [2.45, 2.75) is 108 Å². The van der Waals surface area contributed by atoms with Gasteiger partial charge in [-0.3, -0.25) is 34.2 Å². The van der Waals surface area contributed by atoms with E-state index in [1.807, 2.05) is 69.4 Å². The molecule has 428 valence electrons. The molecule has 81 heavy (non-hydrogen) atoms. The highest BCUT2D eigenvalue weighted by Crippen LogP contribution is 2.44. The van der Waals surface area contributed by atoms with Gasteiger partial charge in [-0.25, -0.2) is 0 Å². The predicted molar refractivity (Wildman–Crippen MR) is 323 cm³/mol. The van der Waals surface area contributed by atoms with Crippen LogP contribution in [-0.4, -0.2) is 126 Å². The topological polar surface area (TPSA) is 162 Å². The van der Waals surface area contributed by atoms with Crippen molar-refractivity contribution in [1.82, 2.24) is 5.32 Å². The van der Waals surface area contributed by atoms with Crippen molar-refractivity contribution in [1.29, 1.82) is 0 Å². The first-order chi connectivity index (χ1) is 39.5. The van der Waals surface area contributed by atoms with Crippen molar-refractivity contribution in [3.05, 3.63) is 124 Å². The Balaban J connectivity index is 0.910. The standard InChI is InChI=1S/C63H74N6O10S2/c1-63(2,81-80-27-13-20-60(70)66-46-16-7-6-8-17-46)41-67(21-22-76-25-26-77-24-23-73-3)47-29-42(39-78-58-35-52-50(33-56(58)74-4)61(71)68-48(37-64-52)31-44-14-9-11-18-54(44)68)28-43(30-47)40-79-59-36-53-51(34-57(59)75-5)62(72)69-49(38-65-53)32-45-15-10-12-19-55(45)69/h9-12,14-15,18-19,28-30,33-38,46,48-49H,6-8,13,16-17,20-27,31-32,39-41H2,1-5H3,(H,66,70)/t48-,49-/m0/s1. The van der Waals surface area contributed by atoms with Gasteiger partial charge in [-0.2, -0.15) is 0 Å². The molecule has 5 aliphatic rings. The Morgan fingerprint density at radius 2 is 1.22 bits per heavy atom. The molecule has 3 amide bonds. The number of amides is 3. The van der Waals surface area contributed by atoms with Gasteiger partial charge in [0.15, 0.2) is 23.0 Å². The number of benzene rings is 5. The van der Waals surface area contributed by atoms with Crippen LogP contribution in [0.1, 0.15) is 102 Å². The SMILES string of the molecule is COCCOCCOCCN(CC(C)(C)SSCCCC(=O)NC1CCCCC1)c1cc(COc2cc3c(cc2OC)C(=O)N2c4ccccc4C[C@H]2C=N3)cc(COc2cc3c(cc2OC)C(=O)N2c4ccccc4C[C@H]2C=N3)c1. The summed E-state index contributed by atoms with van der Waals surface area (Å²) in [4.78, 5) is 57.1. The minimum atomic E-state index is -0.240. The lowest BCUT2D eigenvalue weighted by atomic mass is 9.95. The zero-order chi connectivity index (χ0) is 56.3. The number of nitrogens with one attached hydrogen (secondary N) is 1. The molecule has 0 aromatic heterocycles. The van der Waals surface area contributed by atoms with Crippen LogP contribution in [0.25, 0.3) is 0 Å². The molecule has 4 aliphatic heterocycles. The predicted octanol–water partition coefficient (Wildman–Crippen LogP) is 11.3. The highest BCUT2D eigenvalue weighted by Gasteiger charge is 2.38. The Labute approximate surface area is 483 Å². The highest BCUT2D eigenvalue weighted by atomic mass is 33.1. The van der Waals surface area contributed by atoms with E-state index in [0.29, 0.717) is 117 Å². The number of nitrogens with zero attached hydrogens (tertiary/aromatic N) is 5. The molecule has 1 aliphatic carbocycles. The van der Waals surface area contributed by atoms with Crippen LogP contribution in [0, 0.1) is 0 Å². The van der Waals surface area contributed by atoms with Gasteiger partial charge in [-0.05, 0) is 97.8 Å². The maximum absolute atomic E-state index is 14.3. The number of carbonyl (C=O) groups excluding carboxylic acids is 3. The van der Waals surface area contributed by atoms with Gasteiger partial charge in [0.25, 0.3) is 11.8 Å². The van der Waals surface area contributed by atoms with E-state index in [1.54, 1.807) is 56.4 Å². The van der Waals surface area contributed by atoms with Crippen LogP contribution in [0.15, 0.2) is 101 Å². The summed E-state index contributed by atoms with van der Waals surface area (Å²) in [7, 11) is 8.42. The first kappa shape index (κ1) is 57.7. The Morgan fingerprint density at radius 1 is 0.679 bits per heavy atom. The molecule has 1 fully saturated rings. The summed E-state index contributed by atoms with van der Waals surface area (Å²) >= 11 is 0. The lowest BCUT2D eigenvalue weighted by Gasteiger charge is -2.34. The average molecular weight is 1140 g/mol. The number of methoxy groups -OCH3 is 3. The fraction of sp³-hybridized carbons (Fsp3) is 0.444. The van der Waals surface area contributed by atoms with E-state index in [4.69, 9.17) is 43.1 Å². The second-order valence-electron chi connectivity index (χ2n) is 21.6. The van der Waals surface area contributed by atoms with E-state index < -0.39 is 0 Å². The summed E-state index contributed by atoms with van der Waals surface area (Å²) in [6.45, 7) is 8.33. The molecule has 16 nitrogen and oxygen atoms in total. The van der Waals surface area contributed by atoms with E-state index in [1.165, 1.54) is 19.3 Å². The summed E-state index contributed by atoms with van der Waals surface area (Å²) in [6, 6.07) is 29.2. The van der Waals surface area contributed by atoms with Gasteiger partial charge in [-0.1, -0.05) is 77.2 Å². The van der Waals surface area contributed by atoms with E-state index in [-0.39, 0.29) is 47.8 Å². The van der Waals surface area contributed by atoms with E-state index in [2.05, 4.69) is 54.4 Å². The minimum absolute atomic E-state index is 0.140. The number of rotatable bonds is 27. The Kier molecular flexibility index (Phi) is 19.2. The van der Waals surface area contributed by atoms with Crippen LogP contribution in [0.2, 0.25) is 0 Å². The van der Waals surface area contributed by atoms with Crippen LogP contribution in [0.4, 0.5) is 28.4 Å². The molecule has 1 N–H and O–H groups in total. The molecular weight excluding hydrogens is 1060 g/mol. The Bertz CT molecular complexity index is 2950. The van der Waals surface area contributed by atoms with Gasteiger partial charge < -0.3 is 43.4 Å². The van der Waals surface area contributed by atoms with Crippen molar-refractivity contribution in [2.75, 3.05) is 87.9 Å². The molecule has 0 unspecified atom stereocenters. The van der Waals surface area contributed by atoms with Crippen molar-refractivity contribution >= 4 is 80.2 Å². The highest BCUT2D eigenvalue weighted by molar-refractivity contribution is 8.77. The van der Waals surface area contributed by atoms with Crippen molar-refractivity contribution < 1.29 is 47.5 Å². The maximum atomic E-state index is 14.3. The number of anilines is 3. The smallest absolute Gasteiger partial charge is 0.261 e. The first-order valence-electron chi connectivity index (χ1n) is 28.2. The average Bonchev–Trinajstić information content (AvgIpc) is 3.99. The van der Waals surface area contributed by atoms with Gasteiger partial charge in [0.05, 0.1) is 81.8 Å². The Hall–Kier alpha value is -6.57. The lowest BCUT2D eigenvalue weighted by Crippen LogP contribution is -2.38. The van der Waals surface area contributed by atoms with Crippen molar-refractivity contribution in [2.24, 2.45) is 9.98 Å². The third kappa shape index (κ3) is 14.0. The van der Waals surface area contributed by atoms with Gasteiger partial charge >= 0.3 is 0 Å². The molecule has 5 aromatic carbocycles. The van der Waals surface area contributed by atoms with E-state index in [0.717, 1.165) is 64.3 Å². The molecular formula is C63H74N6O10S2. The van der Waals surface area contributed by atoms with Gasteiger partial charge in [0.1, 0.15) is 13.2 Å². The molecule has 0 spiro atoms. The van der Waals surface area contributed by atoms with Crippen molar-refractivity contribution in [3.8, 4) is 23.0 Å². The van der Waals surface area contributed by atoms with Crippen LogP contribution in [-0.2, 0) is 45.1 Å². The number of hydrogen-bond acceptors (Lipinski definition) is 15. The number of aliphatic imine (C=N–C) groups is 2. The molecule has 2 atom stereocenters. The van der Waals surface area contributed by atoms with Crippen LogP contribution in [0.3, 0.4) is 0 Å². The van der Waals surface area contributed by atoms with Gasteiger partial charge in [-0.15, -0.1) is 0 Å². The number of ether oxygens (including phenoxy) is 7. The molecule has 0 bridgehead atoms. The zero-order valence-corrected chi connectivity index (χ0v) is 48.8. The molecule has 18 heteroatoms. The van der Waals surface area contributed by atoms with E-state index >= 15 is 0 Å². The largest absolute Gasteiger partial charge is 0.493 e. The minimum Gasteiger partial charge on any atom is -0.493 e. The lowest BCUT2D eigenvalue weighted by molar-refractivity contribution is -0.122. The number of carbonyl (C=O) groups is 3. The summed E-state index contributed by atoms with van der Waals surface area (Å²) in [6.07, 6.45) is 12.2. The summed E-state index contributed by atoms with van der Waals surface area (Å²) in [5.74, 6) is 2.43. The van der Waals surface area contributed by atoms with E-state index in [9.17, 15) is 14.4 Å². The number of fused-ring (bicyclic) bond motifs is 8. The van der Waals surface area contributed by atoms with Crippen LogP contribution < -0.4 is 39.0 Å². The Morgan fingerprint density at radius 3 is 1.78 bits per heavy atom. The molecule has 5 aromatic rings. The van der Waals surface area contributed by atoms with Gasteiger partial charge in [0.2, 0.25) is 5.91 Å². The third-order valence-corrected chi connectivity index (χ3v) is 18.6. The van der Waals surface area contributed by atoms with Crippen LogP contribution >= 0.6 is 21.6 Å². The zero-order valence-electron chi connectivity index (χ0n) is 47.1. The maximum Gasteiger partial charge on any atom is 0.261 e. The number of hydrogen-bond donors (Lipinski definition) is 1. The quantitative estimate of drug-likeness (QED) is 0.0391. The fourth-order valence-electron chi connectivity index (χ4n) is 11.3. The summed E-state index contributed by atoms with van der Waals surface area (Å²) in [5.41, 5.74) is 8.52. The number of para-hydroxylation sites is 2. The second kappa shape index (κ2) is 27.0. The first-order valence-corrected chi connectivity index (χ1v) is 30.5. The monoisotopic (exact) mass is 1140 g/mol. The third-order valence-electron chi connectivity index (χ3n) is 15.2. The summed E-state index contributed by atoms with van der Waals surface area (Å²) in [5, 5.41) is 3.26. The second-order valence-corrected chi connectivity index (χ2v) is 24.8. The molecule has 0 saturated heterocycles. The van der Waals surface area contributed by atoms with Gasteiger partial charge in [0, 0.05) is 97.6 Å². The van der Waals surface area contributed by atoms with Crippen molar-refractivity contribution in [3.63, 3.8) is 0 Å². The molecule has 1 saturated carbocycles. The molecule has 10 rings (SSSR count). The van der Waals surface area contributed by atoms with Crippen LogP contribution in [0.5, 0.6) is 23.0 Å². The summed E-state index contributed by atoms with van der Waals surface area (Å²) < 4.78 is 42.0. The normalized spacial score (nSPS) is 17.1. The molecule has 4 heterocycles.